The molecule has 1 amide bonds. The summed E-state index contributed by atoms with van der Waals surface area (Å²) in [5, 5.41) is 3.86. The quantitative estimate of drug-likeness (QED) is 0.871. The van der Waals surface area contributed by atoms with E-state index in [9.17, 15) is 4.79 Å². The number of aromatic nitrogens is 1. The Labute approximate surface area is 128 Å². The number of carbonyl (C=O) groups excluding carboxylic acids is 1. The van der Waals surface area contributed by atoms with E-state index >= 15 is 0 Å². The number of aryl methyl sites for hydroxylation is 1. The minimum atomic E-state index is 0.0592. The summed E-state index contributed by atoms with van der Waals surface area (Å²) < 4.78 is 10.5. The van der Waals surface area contributed by atoms with Gasteiger partial charge in [-0.3, -0.25) is 4.79 Å². The van der Waals surface area contributed by atoms with E-state index in [-0.39, 0.29) is 24.6 Å². The zero-order valence-electron chi connectivity index (χ0n) is 12.5. The molecule has 1 aromatic heterocycles. The Balaban J connectivity index is 1.40. The fraction of sp³-hybridized carbons (Fsp3) is 0.412. The van der Waals surface area contributed by atoms with Crippen LogP contribution in [0.4, 0.5) is 0 Å². The summed E-state index contributed by atoms with van der Waals surface area (Å²) in [5.41, 5.74) is 3.33. The summed E-state index contributed by atoms with van der Waals surface area (Å²) in [4.78, 5) is 14.5. The van der Waals surface area contributed by atoms with Crippen LogP contribution in [0.15, 0.2) is 34.9 Å². The van der Waals surface area contributed by atoms with Gasteiger partial charge in [-0.25, -0.2) is 0 Å². The molecule has 2 aliphatic rings. The van der Waals surface area contributed by atoms with Gasteiger partial charge in [0.25, 0.3) is 0 Å². The molecule has 5 nitrogen and oxygen atoms in total. The van der Waals surface area contributed by atoms with Crippen molar-refractivity contribution >= 4 is 5.91 Å². The summed E-state index contributed by atoms with van der Waals surface area (Å²) in [6.45, 7) is 2.23. The van der Waals surface area contributed by atoms with E-state index in [0.29, 0.717) is 6.61 Å². The molecular weight excluding hydrogens is 280 g/mol. The molecule has 0 radical (unpaired) electrons. The maximum absolute atomic E-state index is 12.5. The molecule has 0 aliphatic carbocycles. The van der Waals surface area contributed by atoms with Crippen molar-refractivity contribution in [3.8, 4) is 0 Å². The Morgan fingerprint density at radius 3 is 2.59 bits per heavy atom. The highest BCUT2D eigenvalue weighted by atomic mass is 16.5. The minimum absolute atomic E-state index is 0.0592. The van der Waals surface area contributed by atoms with E-state index in [1.54, 1.807) is 0 Å². The van der Waals surface area contributed by atoms with Gasteiger partial charge in [0.05, 0.1) is 18.7 Å². The molecule has 2 atom stereocenters. The summed E-state index contributed by atoms with van der Waals surface area (Å²) >= 11 is 0. The van der Waals surface area contributed by atoms with Gasteiger partial charge in [0.2, 0.25) is 5.91 Å². The molecule has 4 rings (SSSR count). The zero-order chi connectivity index (χ0) is 15.1. The molecule has 1 saturated heterocycles. The number of nitrogens with zero attached hydrogens (tertiary/aromatic N) is 2. The van der Waals surface area contributed by atoms with E-state index < -0.39 is 0 Å². The van der Waals surface area contributed by atoms with E-state index in [1.165, 1.54) is 11.1 Å². The topological polar surface area (TPSA) is 55.6 Å². The number of amides is 1. The minimum Gasteiger partial charge on any atom is -0.365 e. The molecule has 22 heavy (non-hydrogen) atoms. The second-order valence-corrected chi connectivity index (χ2v) is 5.96. The van der Waals surface area contributed by atoms with E-state index in [2.05, 4.69) is 17.3 Å². The monoisotopic (exact) mass is 298 g/mol. The lowest BCUT2D eigenvalue weighted by Gasteiger charge is -2.22. The van der Waals surface area contributed by atoms with E-state index in [0.717, 1.165) is 24.3 Å². The molecule has 5 heteroatoms. The van der Waals surface area contributed by atoms with Crippen LogP contribution in [-0.4, -0.2) is 22.6 Å². The molecule has 3 heterocycles. The molecule has 114 valence electrons. The van der Waals surface area contributed by atoms with Gasteiger partial charge in [0.1, 0.15) is 18.1 Å². The Kier molecular flexibility index (Phi) is 3.22. The Bertz CT molecular complexity index is 678. The third-order valence-corrected chi connectivity index (χ3v) is 4.54. The molecule has 1 aromatic carbocycles. The van der Waals surface area contributed by atoms with Crippen LogP contribution >= 0.6 is 0 Å². The molecule has 1 fully saturated rings. The molecule has 2 aliphatic heterocycles. The van der Waals surface area contributed by atoms with Crippen molar-refractivity contribution in [1.82, 2.24) is 10.1 Å². The largest absolute Gasteiger partial charge is 0.365 e. The smallest absolute Gasteiger partial charge is 0.249 e. The third-order valence-electron chi connectivity index (χ3n) is 4.54. The molecule has 2 aromatic rings. The van der Waals surface area contributed by atoms with Crippen LogP contribution in [0.25, 0.3) is 0 Å². The van der Waals surface area contributed by atoms with Gasteiger partial charge in [0.15, 0.2) is 0 Å². The van der Waals surface area contributed by atoms with Crippen LogP contribution in [0.1, 0.15) is 47.5 Å². The molecule has 0 saturated carbocycles. The van der Waals surface area contributed by atoms with Crippen LogP contribution in [0.3, 0.4) is 0 Å². The third kappa shape index (κ3) is 2.13. The summed E-state index contributed by atoms with van der Waals surface area (Å²) in [7, 11) is 0. The van der Waals surface area contributed by atoms with Crippen LogP contribution < -0.4 is 0 Å². The predicted molar refractivity (Wildman–Crippen MR) is 78.9 cm³/mol. The van der Waals surface area contributed by atoms with Gasteiger partial charge in [-0.15, -0.1) is 0 Å². The predicted octanol–water partition coefficient (Wildman–Crippen LogP) is 2.92. The van der Waals surface area contributed by atoms with Gasteiger partial charge in [-0.2, -0.15) is 0 Å². The molecular formula is C17H18N2O3. The van der Waals surface area contributed by atoms with Crippen molar-refractivity contribution in [2.45, 2.75) is 38.5 Å². The van der Waals surface area contributed by atoms with Crippen molar-refractivity contribution < 1.29 is 14.1 Å². The molecule has 2 unspecified atom stereocenters. The van der Waals surface area contributed by atoms with Crippen molar-refractivity contribution in [2.24, 2.45) is 0 Å². The van der Waals surface area contributed by atoms with Crippen molar-refractivity contribution in [3.05, 3.63) is 52.9 Å². The number of benzene rings is 1. The van der Waals surface area contributed by atoms with Crippen molar-refractivity contribution in [1.29, 1.82) is 0 Å². The first kappa shape index (κ1) is 13.5. The van der Waals surface area contributed by atoms with Gasteiger partial charge in [0, 0.05) is 6.07 Å². The zero-order valence-corrected chi connectivity index (χ0v) is 12.5. The Morgan fingerprint density at radius 1 is 1.32 bits per heavy atom. The van der Waals surface area contributed by atoms with E-state index in [1.807, 2.05) is 30.0 Å². The van der Waals surface area contributed by atoms with Crippen LogP contribution in [0.2, 0.25) is 0 Å². The molecule has 0 N–H and O–H groups in total. The number of hydrogen-bond donors (Lipinski definition) is 0. The lowest BCUT2D eigenvalue weighted by atomic mass is 9.92. The lowest BCUT2D eigenvalue weighted by molar-refractivity contribution is -0.139. The second-order valence-electron chi connectivity index (χ2n) is 5.96. The lowest BCUT2D eigenvalue weighted by Crippen LogP contribution is -2.31. The highest BCUT2D eigenvalue weighted by molar-refractivity contribution is 5.80. The van der Waals surface area contributed by atoms with Crippen molar-refractivity contribution in [3.63, 3.8) is 0 Å². The summed E-state index contributed by atoms with van der Waals surface area (Å²) in [6.07, 6.45) is 2.10. The standard InChI is InChI=1S/C17H18N2O3/c1-11-8-12(18-22-11)9-21-10-17(20)19-15-6-7-16(19)14-5-3-2-4-13(14)15/h2-5,8,15-16H,6-7,9-10H2,1H3. The summed E-state index contributed by atoms with van der Waals surface area (Å²) in [6, 6.07) is 10.6. The maximum Gasteiger partial charge on any atom is 0.249 e. The van der Waals surface area contributed by atoms with Gasteiger partial charge in [-0.1, -0.05) is 29.4 Å². The first-order chi connectivity index (χ1) is 10.7. The molecule has 0 spiro atoms. The number of ether oxygens (including phenoxy) is 1. The second kappa shape index (κ2) is 5.25. The molecule has 2 bridgehead atoms. The number of carbonyl (C=O) groups is 1. The van der Waals surface area contributed by atoms with Gasteiger partial charge < -0.3 is 14.2 Å². The highest BCUT2D eigenvalue weighted by Gasteiger charge is 2.45. The average Bonchev–Trinajstić information content (AvgIpc) is 3.21. The Hall–Kier alpha value is -2.14. The van der Waals surface area contributed by atoms with Gasteiger partial charge >= 0.3 is 0 Å². The maximum atomic E-state index is 12.5. The highest BCUT2D eigenvalue weighted by Crippen LogP contribution is 2.52. The number of fused-ring (bicyclic) bond motifs is 5. The van der Waals surface area contributed by atoms with Crippen molar-refractivity contribution in [2.75, 3.05) is 6.61 Å². The SMILES string of the molecule is Cc1cc(COCC(=O)N2C3CCC2c2ccccc23)no1. The first-order valence-electron chi connectivity index (χ1n) is 7.64. The van der Waals surface area contributed by atoms with Crippen LogP contribution in [0, 0.1) is 6.92 Å². The number of rotatable bonds is 4. The fourth-order valence-electron chi connectivity index (χ4n) is 3.69. The van der Waals surface area contributed by atoms with Crippen LogP contribution in [-0.2, 0) is 16.1 Å². The van der Waals surface area contributed by atoms with Gasteiger partial charge in [-0.05, 0) is 30.9 Å². The normalized spacial score (nSPS) is 22.1. The fourth-order valence-corrected chi connectivity index (χ4v) is 3.69. The van der Waals surface area contributed by atoms with Crippen LogP contribution in [0.5, 0.6) is 0 Å². The average molecular weight is 298 g/mol. The summed E-state index contributed by atoms with van der Waals surface area (Å²) in [5.74, 6) is 0.807. The first-order valence-corrected chi connectivity index (χ1v) is 7.64. The number of hydrogen-bond acceptors (Lipinski definition) is 4. The van der Waals surface area contributed by atoms with E-state index in [4.69, 9.17) is 9.26 Å². The Morgan fingerprint density at radius 2 is 2.00 bits per heavy atom.